The van der Waals surface area contributed by atoms with Crippen molar-refractivity contribution in [3.8, 4) is 0 Å². The van der Waals surface area contributed by atoms with E-state index in [-0.39, 0.29) is 22.7 Å². The summed E-state index contributed by atoms with van der Waals surface area (Å²) in [5, 5.41) is 2.95. The molecular formula is C17H20N4O2S. The third-order valence-electron chi connectivity index (χ3n) is 4.92. The predicted molar refractivity (Wildman–Crippen MR) is 92.5 cm³/mol. The highest BCUT2D eigenvalue weighted by molar-refractivity contribution is 8.01. The van der Waals surface area contributed by atoms with Gasteiger partial charge in [0.25, 0.3) is 0 Å². The van der Waals surface area contributed by atoms with Crippen molar-refractivity contribution in [1.29, 1.82) is 0 Å². The van der Waals surface area contributed by atoms with Crippen molar-refractivity contribution in [2.45, 2.75) is 44.1 Å². The Morgan fingerprint density at radius 2 is 2.38 bits per heavy atom. The molecule has 0 bridgehead atoms. The summed E-state index contributed by atoms with van der Waals surface area (Å²) in [5.74, 6) is 0.666. The van der Waals surface area contributed by atoms with Crippen molar-refractivity contribution in [3.63, 3.8) is 0 Å². The van der Waals surface area contributed by atoms with E-state index in [9.17, 15) is 9.59 Å². The molecule has 0 aromatic carbocycles. The molecular weight excluding hydrogens is 324 g/mol. The van der Waals surface area contributed by atoms with Crippen LogP contribution in [0.4, 0.5) is 0 Å². The standard InChI is InChI=1S/C17H20N4O2S/c1-11-4-3-7-20-9-12(19-15(11)20)8-18-16(23)13-10-24-17(2)6-5-14(22)21(13)17/h3-4,7,9,13H,5-6,8,10H2,1-2H3,(H,18,23)/t13-,17+/m0/s1. The minimum absolute atomic E-state index is 0.0877. The molecule has 2 aromatic rings. The lowest BCUT2D eigenvalue weighted by Crippen LogP contribution is -2.49. The first-order chi connectivity index (χ1) is 11.5. The molecule has 1 N–H and O–H groups in total. The summed E-state index contributed by atoms with van der Waals surface area (Å²) in [6.45, 7) is 4.45. The van der Waals surface area contributed by atoms with Gasteiger partial charge >= 0.3 is 0 Å². The van der Waals surface area contributed by atoms with Crippen LogP contribution in [0.5, 0.6) is 0 Å². The fraction of sp³-hybridized carbons (Fsp3) is 0.471. The van der Waals surface area contributed by atoms with Gasteiger partial charge in [0, 0.05) is 24.6 Å². The van der Waals surface area contributed by atoms with E-state index in [1.165, 1.54) is 0 Å². The summed E-state index contributed by atoms with van der Waals surface area (Å²) in [7, 11) is 0. The monoisotopic (exact) mass is 344 g/mol. The molecule has 0 unspecified atom stereocenters. The molecule has 6 nitrogen and oxygen atoms in total. The Morgan fingerprint density at radius 3 is 3.17 bits per heavy atom. The quantitative estimate of drug-likeness (QED) is 0.921. The highest BCUT2D eigenvalue weighted by Gasteiger charge is 2.52. The molecule has 4 heterocycles. The normalized spacial score (nSPS) is 26.2. The van der Waals surface area contributed by atoms with Gasteiger partial charge in [-0.3, -0.25) is 9.59 Å². The minimum atomic E-state index is -0.367. The summed E-state index contributed by atoms with van der Waals surface area (Å²) in [6.07, 6.45) is 5.24. The smallest absolute Gasteiger partial charge is 0.244 e. The lowest BCUT2D eigenvalue weighted by atomic mass is 10.2. The van der Waals surface area contributed by atoms with E-state index in [1.807, 2.05) is 35.9 Å². The van der Waals surface area contributed by atoms with Crippen LogP contribution in [0.1, 0.15) is 31.0 Å². The molecule has 2 aromatic heterocycles. The number of thioether (sulfide) groups is 1. The Kier molecular flexibility index (Phi) is 3.56. The van der Waals surface area contributed by atoms with Crippen molar-refractivity contribution in [2.24, 2.45) is 0 Å². The Hall–Kier alpha value is -2.02. The van der Waals surface area contributed by atoms with Gasteiger partial charge in [0.1, 0.15) is 11.7 Å². The molecule has 0 radical (unpaired) electrons. The van der Waals surface area contributed by atoms with Crippen LogP contribution in [0.2, 0.25) is 0 Å². The lowest BCUT2D eigenvalue weighted by molar-refractivity contribution is -0.138. The van der Waals surface area contributed by atoms with E-state index >= 15 is 0 Å². The van der Waals surface area contributed by atoms with Crippen LogP contribution in [-0.2, 0) is 16.1 Å². The second-order valence-electron chi connectivity index (χ2n) is 6.64. The van der Waals surface area contributed by atoms with Gasteiger partial charge in [-0.05, 0) is 31.9 Å². The summed E-state index contributed by atoms with van der Waals surface area (Å²) < 4.78 is 1.96. The molecule has 2 fully saturated rings. The Balaban J connectivity index is 1.46. The highest BCUT2D eigenvalue weighted by Crippen LogP contribution is 2.47. The summed E-state index contributed by atoms with van der Waals surface area (Å²) in [6, 6.07) is 3.62. The number of carbonyl (C=O) groups excluding carboxylic acids is 2. The van der Waals surface area contributed by atoms with E-state index in [1.54, 1.807) is 16.7 Å². The van der Waals surface area contributed by atoms with Gasteiger partial charge in [-0.15, -0.1) is 11.8 Å². The van der Waals surface area contributed by atoms with Crippen molar-refractivity contribution in [2.75, 3.05) is 5.75 Å². The van der Waals surface area contributed by atoms with Gasteiger partial charge in [0.05, 0.1) is 17.1 Å². The van der Waals surface area contributed by atoms with E-state index in [0.29, 0.717) is 18.7 Å². The van der Waals surface area contributed by atoms with Crippen LogP contribution in [0, 0.1) is 6.92 Å². The number of pyridine rings is 1. The van der Waals surface area contributed by atoms with Gasteiger partial charge in [0.2, 0.25) is 11.8 Å². The number of hydrogen-bond donors (Lipinski definition) is 1. The molecule has 2 aliphatic rings. The fourth-order valence-corrected chi connectivity index (χ4v) is 5.03. The van der Waals surface area contributed by atoms with Crippen LogP contribution in [0.3, 0.4) is 0 Å². The van der Waals surface area contributed by atoms with E-state index in [0.717, 1.165) is 23.3 Å². The average Bonchev–Trinajstić information content (AvgIpc) is 3.20. The first-order valence-corrected chi connectivity index (χ1v) is 9.13. The van der Waals surface area contributed by atoms with Crippen LogP contribution in [0.25, 0.3) is 5.65 Å². The summed E-state index contributed by atoms with van der Waals surface area (Å²) in [5.41, 5.74) is 2.82. The Labute approximate surface area is 144 Å². The topological polar surface area (TPSA) is 66.7 Å². The van der Waals surface area contributed by atoms with Gasteiger partial charge in [-0.1, -0.05) is 6.07 Å². The van der Waals surface area contributed by atoms with Gasteiger partial charge in [-0.25, -0.2) is 4.98 Å². The van der Waals surface area contributed by atoms with Crippen LogP contribution in [0.15, 0.2) is 24.5 Å². The number of amides is 2. The summed E-state index contributed by atoms with van der Waals surface area (Å²) >= 11 is 1.71. The molecule has 2 aliphatic heterocycles. The summed E-state index contributed by atoms with van der Waals surface area (Å²) in [4.78, 5) is 30.8. The second-order valence-corrected chi connectivity index (χ2v) is 8.14. The molecule has 7 heteroatoms. The molecule has 24 heavy (non-hydrogen) atoms. The second kappa shape index (κ2) is 5.51. The zero-order valence-electron chi connectivity index (χ0n) is 13.8. The maximum Gasteiger partial charge on any atom is 0.244 e. The molecule has 126 valence electrons. The van der Waals surface area contributed by atoms with Crippen molar-refractivity contribution in [3.05, 3.63) is 35.8 Å². The molecule has 0 aliphatic carbocycles. The van der Waals surface area contributed by atoms with Crippen LogP contribution >= 0.6 is 11.8 Å². The number of nitrogens with one attached hydrogen (secondary N) is 1. The number of hydrogen-bond acceptors (Lipinski definition) is 4. The van der Waals surface area contributed by atoms with Crippen LogP contribution in [-0.4, -0.2) is 42.8 Å². The third kappa shape index (κ3) is 2.38. The maximum atomic E-state index is 12.6. The maximum absolute atomic E-state index is 12.6. The SMILES string of the molecule is Cc1cccn2cc(CNC(=O)[C@@H]3CS[C@]4(C)CCC(=O)N34)nc12. The Morgan fingerprint density at radius 1 is 1.54 bits per heavy atom. The number of nitrogens with zero attached hydrogens (tertiary/aromatic N) is 3. The molecule has 4 rings (SSSR count). The predicted octanol–water partition coefficient (Wildman–Crippen LogP) is 1.71. The molecule has 0 saturated carbocycles. The third-order valence-corrected chi connectivity index (χ3v) is 6.42. The number of fused-ring (bicyclic) bond motifs is 2. The van der Waals surface area contributed by atoms with E-state index < -0.39 is 0 Å². The van der Waals surface area contributed by atoms with Gasteiger partial charge < -0.3 is 14.6 Å². The van der Waals surface area contributed by atoms with Crippen LogP contribution < -0.4 is 5.32 Å². The lowest BCUT2D eigenvalue weighted by Gasteiger charge is -2.29. The van der Waals surface area contributed by atoms with Crippen molar-refractivity contribution >= 4 is 29.2 Å². The Bertz CT molecular complexity index is 833. The molecule has 2 saturated heterocycles. The number of rotatable bonds is 3. The van der Waals surface area contributed by atoms with Crippen molar-refractivity contribution < 1.29 is 9.59 Å². The van der Waals surface area contributed by atoms with E-state index in [2.05, 4.69) is 17.2 Å². The zero-order chi connectivity index (χ0) is 16.9. The highest BCUT2D eigenvalue weighted by atomic mass is 32.2. The molecule has 2 amide bonds. The largest absolute Gasteiger partial charge is 0.349 e. The van der Waals surface area contributed by atoms with E-state index in [4.69, 9.17) is 0 Å². The first-order valence-electron chi connectivity index (χ1n) is 8.15. The van der Waals surface area contributed by atoms with Crippen molar-refractivity contribution in [1.82, 2.24) is 19.6 Å². The minimum Gasteiger partial charge on any atom is -0.349 e. The molecule has 2 atom stereocenters. The fourth-order valence-electron chi connectivity index (χ4n) is 3.60. The zero-order valence-corrected chi connectivity index (χ0v) is 14.6. The number of imidazole rings is 1. The number of aryl methyl sites for hydroxylation is 1. The number of aromatic nitrogens is 2. The number of carbonyl (C=O) groups is 2. The van der Waals surface area contributed by atoms with Gasteiger partial charge in [-0.2, -0.15) is 0 Å². The van der Waals surface area contributed by atoms with Gasteiger partial charge in [0.15, 0.2) is 0 Å². The molecule has 0 spiro atoms. The first kappa shape index (κ1) is 15.5. The average molecular weight is 344 g/mol.